The predicted octanol–water partition coefficient (Wildman–Crippen LogP) is 2.96. The third-order valence-corrected chi connectivity index (χ3v) is 4.12. The Morgan fingerprint density at radius 1 is 1.17 bits per heavy atom. The first-order chi connectivity index (χ1) is 9.91. The first-order valence-corrected chi connectivity index (χ1v) is 7.02. The zero-order chi connectivity index (χ0) is 15.0. The molecule has 0 aromatic carbocycles. The molecule has 0 spiro atoms. The van der Waals surface area contributed by atoms with Gasteiger partial charge in [0, 0.05) is 24.3 Å². The smallest absolute Gasteiger partial charge is 0.349 e. The highest BCUT2D eigenvalue weighted by molar-refractivity contribution is 5.94. The molecule has 0 saturated carbocycles. The first-order valence-electron chi connectivity index (χ1n) is 7.02. The van der Waals surface area contributed by atoms with Crippen LogP contribution in [-0.2, 0) is 6.18 Å². The molecule has 1 aromatic rings. The topological polar surface area (TPSA) is 54.0 Å². The second-order valence-electron chi connectivity index (χ2n) is 5.71. The number of amides is 1. The van der Waals surface area contributed by atoms with Crippen molar-refractivity contribution in [2.75, 3.05) is 0 Å². The Kier molecular flexibility index (Phi) is 6.68. The summed E-state index contributed by atoms with van der Waals surface area (Å²) < 4.78 is 37.2. The standard InChI is InChI=1S/C14H16F3N3O.2ClH/c15-14(16,17)12-4-1-8(7-18-12)13(21)20-11-5-9-2-3-10(6-11)19-9;;/h1,4,7,9-11,19H,2-3,5-6H2,(H,20,21);2*1H. The first kappa shape index (κ1) is 20.0. The summed E-state index contributed by atoms with van der Waals surface area (Å²) in [5.41, 5.74) is -0.826. The van der Waals surface area contributed by atoms with E-state index >= 15 is 0 Å². The van der Waals surface area contributed by atoms with Crippen molar-refractivity contribution in [3.05, 3.63) is 29.6 Å². The third-order valence-electron chi connectivity index (χ3n) is 4.12. The van der Waals surface area contributed by atoms with E-state index in [2.05, 4.69) is 15.6 Å². The number of fused-ring (bicyclic) bond motifs is 2. The van der Waals surface area contributed by atoms with Gasteiger partial charge >= 0.3 is 6.18 Å². The van der Waals surface area contributed by atoms with Gasteiger partial charge in [0.1, 0.15) is 5.69 Å². The van der Waals surface area contributed by atoms with Crippen molar-refractivity contribution >= 4 is 30.7 Å². The Balaban J connectivity index is 0.00000132. The summed E-state index contributed by atoms with van der Waals surface area (Å²) in [4.78, 5) is 15.4. The molecule has 2 bridgehead atoms. The van der Waals surface area contributed by atoms with Crippen molar-refractivity contribution in [1.29, 1.82) is 0 Å². The van der Waals surface area contributed by atoms with Crippen molar-refractivity contribution in [2.45, 2.75) is 50.0 Å². The molecule has 1 amide bonds. The van der Waals surface area contributed by atoms with Crippen LogP contribution in [0.1, 0.15) is 41.7 Å². The summed E-state index contributed by atoms with van der Waals surface area (Å²) in [5.74, 6) is -0.359. The van der Waals surface area contributed by atoms with E-state index in [0.29, 0.717) is 12.1 Å². The molecule has 2 aliphatic rings. The maximum atomic E-state index is 12.4. The van der Waals surface area contributed by atoms with E-state index in [4.69, 9.17) is 0 Å². The fourth-order valence-electron chi connectivity index (χ4n) is 3.14. The van der Waals surface area contributed by atoms with Gasteiger partial charge in [0.15, 0.2) is 0 Å². The van der Waals surface area contributed by atoms with E-state index in [9.17, 15) is 18.0 Å². The number of piperidine rings is 1. The molecule has 130 valence electrons. The molecule has 0 aliphatic carbocycles. The zero-order valence-corrected chi connectivity index (χ0v) is 13.7. The third kappa shape index (κ3) is 4.71. The van der Waals surface area contributed by atoms with E-state index in [1.165, 1.54) is 6.07 Å². The highest BCUT2D eigenvalue weighted by Gasteiger charge is 2.35. The van der Waals surface area contributed by atoms with Crippen LogP contribution in [0.5, 0.6) is 0 Å². The second-order valence-corrected chi connectivity index (χ2v) is 5.71. The minimum Gasteiger partial charge on any atom is -0.349 e. The molecular weight excluding hydrogens is 354 g/mol. The largest absolute Gasteiger partial charge is 0.433 e. The van der Waals surface area contributed by atoms with E-state index < -0.39 is 11.9 Å². The molecule has 2 atom stereocenters. The minimum atomic E-state index is -4.48. The lowest BCUT2D eigenvalue weighted by Crippen LogP contribution is -2.48. The number of carbonyl (C=O) groups excluding carboxylic acids is 1. The minimum absolute atomic E-state index is 0. The number of pyridine rings is 1. The van der Waals surface area contributed by atoms with Gasteiger partial charge in [-0.2, -0.15) is 13.2 Å². The monoisotopic (exact) mass is 371 g/mol. The van der Waals surface area contributed by atoms with Gasteiger partial charge in [0.05, 0.1) is 5.56 Å². The normalized spacial score (nSPS) is 26.0. The van der Waals surface area contributed by atoms with Gasteiger partial charge in [-0.3, -0.25) is 9.78 Å². The SMILES string of the molecule is Cl.Cl.O=C(NC1CC2CCC(C1)N2)c1ccc(C(F)(F)F)nc1. The maximum absolute atomic E-state index is 12.4. The predicted molar refractivity (Wildman–Crippen MR) is 84.2 cm³/mol. The van der Waals surface area contributed by atoms with Crippen molar-refractivity contribution in [1.82, 2.24) is 15.6 Å². The van der Waals surface area contributed by atoms with Gasteiger partial charge < -0.3 is 10.6 Å². The Labute approximate surface area is 144 Å². The number of aromatic nitrogens is 1. The number of nitrogens with zero attached hydrogens (tertiary/aromatic N) is 1. The van der Waals surface area contributed by atoms with Crippen LogP contribution in [0.4, 0.5) is 13.2 Å². The number of halogens is 5. The Morgan fingerprint density at radius 3 is 2.26 bits per heavy atom. The van der Waals surface area contributed by atoms with Crippen LogP contribution >= 0.6 is 24.8 Å². The van der Waals surface area contributed by atoms with Crippen LogP contribution in [0, 0.1) is 0 Å². The quantitative estimate of drug-likeness (QED) is 0.840. The maximum Gasteiger partial charge on any atom is 0.433 e. The molecule has 1 aromatic heterocycles. The summed E-state index contributed by atoms with van der Waals surface area (Å²) in [6.45, 7) is 0. The lowest BCUT2D eigenvalue weighted by molar-refractivity contribution is -0.141. The van der Waals surface area contributed by atoms with Crippen LogP contribution < -0.4 is 10.6 Å². The Bertz CT molecular complexity index is 527. The van der Waals surface area contributed by atoms with Gasteiger partial charge in [0.2, 0.25) is 0 Å². The number of alkyl halides is 3. The lowest BCUT2D eigenvalue weighted by atomic mass is 9.99. The summed E-state index contributed by atoms with van der Waals surface area (Å²) in [5, 5.41) is 6.36. The van der Waals surface area contributed by atoms with Crippen LogP contribution in [0.25, 0.3) is 0 Å². The fourth-order valence-corrected chi connectivity index (χ4v) is 3.14. The molecule has 0 radical (unpaired) electrons. The molecule has 2 saturated heterocycles. The summed E-state index contributed by atoms with van der Waals surface area (Å²) in [7, 11) is 0. The lowest BCUT2D eigenvalue weighted by Gasteiger charge is -2.29. The molecule has 3 heterocycles. The molecule has 2 N–H and O–H groups in total. The van der Waals surface area contributed by atoms with Gasteiger partial charge in [-0.05, 0) is 37.8 Å². The average Bonchev–Trinajstić information content (AvgIpc) is 2.77. The van der Waals surface area contributed by atoms with E-state index in [0.717, 1.165) is 37.9 Å². The van der Waals surface area contributed by atoms with Crippen LogP contribution in [0.3, 0.4) is 0 Å². The molecule has 2 aliphatic heterocycles. The molecule has 2 unspecified atom stereocenters. The van der Waals surface area contributed by atoms with E-state index in [-0.39, 0.29) is 42.3 Å². The average molecular weight is 372 g/mol. The van der Waals surface area contributed by atoms with E-state index in [1.807, 2.05) is 0 Å². The number of hydrogen-bond acceptors (Lipinski definition) is 3. The van der Waals surface area contributed by atoms with Crippen molar-refractivity contribution < 1.29 is 18.0 Å². The molecule has 23 heavy (non-hydrogen) atoms. The van der Waals surface area contributed by atoms with Crippen LogP contribution in [-0.4, -0.2) is 29.0 Å². The highest BCUT2D eigenvalue weighted by Crippen LogP contribution is 2.28. The Hall–Kier alpha value is -1.05. The van der Waals surface area contributed by atoms with Crippen LogP contribution in [0.2, 0.25) is 0 Å². The van der Waals surface area contributed by atoms with Crippen molar-refractivity contribution in [2.24, 2.45) is 0 Å². The van der Waals surface area contributed by atoms with E-state index in [1.54, 1.807) is 0 Å². The Morgan fingerprint density at radius 2 is 1.78 bits per heavy atom. The number of rotatable bonds is 2. The molecular formula is C14H18Cl2F3N3O. The highest BCUT2D eigenvalue weighted by atomic mass is 35.5. The number of nitrogens with one attached hydrogen (secondary N) is 2. The molecule has 9 heteroatoms. The molecule has 4 nitrogen and oxygen atoms in total. The zero-order valence-electron chi connectivity index (χ0n) is 12.1. The molecule has 2 fully saturated rings. The van der Waals surface area contributed by atoms with Crippen LogP contribution in [0.15, 0.2) is 18.3 Å². The second kappa shape index (κ2) is 7.68. The molecule has 3 rings (SSSR count). The van der Waals surface area contributed by atoms with Gasteiger partial charge in [-0.15, -0.1) is 24.8 Å². The summed E-state index contributed by atoms with van der Waals surface area (Å²) in [6, 6.07) is 2.97. The van der Waals surface area contributed by atoms with Crippen molar-refractivity contribution in [3.63, 3.8) is 0 Å². The van der Waals surface area contributed by atoms with Crippen molar-refractivity contribution in [3.8, 4) is 0 Å². The number of carbonyl (C=O) groups is 1. The van der Waals surface area contributed by atoms with Gasteiger partial charge in [-0.1, -0.05) is 0 Å². The van der Waals surface area contributed by atoms with Gasteiger partial charge in [-0.25, -0.2) is 0 Å². The fraction of sp³-hybridized carbons (Fsp3) is 0.571. The number of hydrogen-bond donors (Lipinski definition) is 2. The summed E-state index contributed by atoms with van der Waals surface area (Å²) >= 11 is 0. The van der Waals surface area contributed by atoms with Gasteiger partial charge in [0.25, 0.3) is 5.91 Å². The summed E-state index contributed by atoms with van der Waals surface area (Å²) in [6.07, 6.45) is 0.488.